The summed E-state index contributed by atoms with van der Waals surface area (Å²) < 4.78 is 11.4. The Bertz CT molecular complexity index is 348. The van der Waals surface area contributed by atoms with E-state index in [1.54, 1.807) is 7.11 Å². The van der Waals surface area contributed by atoms with Gasteiger partial charge in [0, 0.05) is 12.2 Å². The molecule has 2 atom stereocenters. The van der Waals surface area contributed by atoms with Crippen LogP contribution in [0.5, 0.6) is 5.75 Å². The highest BCUT2D eigenvalue weighted by Crippen LogP contribution is 2.30. The molecular formula is C16H27NO2. The monoisotopic (exact) mass is 265 g/mol. The van der Waals surface area contributed by atoms with Crippen molar-refractivity contribution in [2.45, 2.75) is 45.8 Å². The van der Waals surface area contributed by atoms with Gasteiger partial charge in [-0.2, -0.15) is 0 Å². The third-order valence-corrected chi connectivity index (χ3v) is 3.22. The molecule has 1 rings (SSSR count). The Balaban J connectivity index is 3.02. The van der Waals surface area contributed by atoms with Crippen LogP contribution in [0.4, 0.5) is 0 Å². The topological polar surface area (TPSA) is 30.5 Å². The first-order valence-corrected chi connectivity index (χ1v) is 7.26. The molecule has 0 heterocycles. The maximum absolute atomic E-state index is 5.93. The van der Waals surface area contributed by atoms with Gasteiger partial charge in [0.2, 0.25) is 0 Å². The molecule has 1 N–H and O–H groups in total. The molecule has 0 aliphatic carbocycles. The summed E-state index contributed by atoms with van der Waals surface area (Å²) >= 11 is 0. The van der Waals surface area contributed by atoms with Crippen LogP contribution in [0.1, 0.15) is 45.2 Å². The lowest BCUT2D eigenvalue weighted by molar-refractivity contribution is 0.0274. The van der Waals surface area contributed by atoms with Crippen LogP contribution >= 0.6 is 0 Å². The van der Waals surface area contributed by atoms with E-state index in [9.17, 15) is 0 Å². The van der Waals surface area contributed by atoms with E-state index in [4.69, 9.17) is 9.47 Å². The quantitative estimate of drug-likeness (QED) is 0.740. The van der Waals surface area contributed by atoms with E-state index >= 15 is 0 Å². The van der Waals surface area contributed by atoms with Gasteiger partial charge in [-0.15, -0.1) is 0 Å². The number of hydrogen-bond donors (Lipinski definition) is 1. The van der Waals surface area contributed by atoms with E-state index in [0.29, 0.717) is 0 Å². The Labute approximate surface area is 117 Å². The average molecular weight is 265 g/mol. The number of rotatable bonds is 9. The second kappa shape index (κ2) is 8.94. The van der Waals surface area contributed by atoms with Crippen LogP contribution in [-0.2, 0) is 4.74 Å². The van der Waals surface area contributed by atoms with Crippen molar-refractivity contribution in [3.05, 3.63) is 29.8 Å². The molecule has 0 spiro atoms. The zero-order valence-corrected chi connectivity index (χ0v) is 12.6. The Morgan fingerprint density at radius 1 is 1.16 bits per heavy atom. The van der Waals surface area contributed by atoms with Crippen molar-refractivity contribution in [2.75, 3.05) is 20.3 Å². The maximum Gasteiger partial charge on any atom is 0.123 e. The highest BCUT2D eigenvalue weighted by Gasteiger charge is 2.24. The van der Waals surface area contributed by atoms with E-state index in [0.717, 1.165) is 31.7 Å². The first-order valence-electron chi connectivity index (χ1n) is 7.26. The predicted molar refractivity (Wildman–Crippen MR) is 79.7 cm³/mol. The molecule has 108 valence electrons. The number of para-hydroxylation sites is 1. The van der Waals surface area contributed by atoms with Gasteiger partial charge in [-0.1, -0.05) is 38.5 Å². The summed E-state index contributed by atoms with van der Waals surface area (Å²) in [5, 5.41) is 3.54. The standard InChI is InChI=1S/C16H27NO2/c1-5-10-15(19-7-3)16(17-6-2)13-11-8-9-12-14(13)18-4/h8-9,11-12,15-17H,5-7,10H2,1-4H3. The Hall–Kier alpha value is -1.06. The molecule has 0 fully saturated rings. The minimum Gasteiger partial charge on any atom is -0.496 e. The zero-order valence-electron chi connectivity index (χ0n) is 12.6. The lowest BCUT2D eigenvalue weighted by atomic mass is 9.97. The average Bonchev–Trinajstić information content (AvgIpc) is 2.44. The van der Waals surface area contributed by atoms with Crippen LogP contribution in [0.3, 0.4) is 0 Å². The summed E-state index contributed by atoms with van der Waals surface area (Å²) in [4.78, 5) is 0. The van der Waals surface area contributed by atoms with Crippen molar-refractivity contribution in [2.24, 2.45) is 0 Å². The van der Waals surface area contributed by atoms with Crippen LogP contribution in [0.25, 0.3) is 0 Å². The van der Waals surface area contributed by atoms with Crippen molar-refractivity contribution in [3.8, 4) is 5.75 Å². The fourth-order valence-electron chi connectivity index (χ4n) is 2.43. The fourth-order valence-corrected chi connectivity index (χ4v) is 2.43. The van der Waals surface area contributed by atoms with E-state index in [1.807, 2.05) is 19.1 Å². The van der Waals surface area contributed by atoms with Gasteiger partial charge in [0.1, 0.15) is 5.75 Å². The minimum atomic E-state index is 0.182. The SMILES string of the molecule is CCCC(OCC)C(NCC)c1ccccc1OC. The van der Waals surface area contributed by atoms with Gasteiger partial charge < -0.3 is 14.8 Å². The number of hydrogen-bond acceptors (Lipinski definition) is 3. The lowest BCUT2D eigenvalue weighted by Gasteiger charge is -2.29. The maximum atomic E-state index is 5.93. The van der Waals surface area contributed by atoms with Gasteiger partial charge >= 0.3 is 0 Å². The van der Waals surface area contributed by atoms with E-state index in [1.165, 1.54) is 5.56 Å². The normalized spacial score (nSPS) is 14.1. The lowest BCUT2D eigenvalue weighted by Crippen LogP contribution is -2.34. The number of ether oxygens (including phenoxy) is 2. The van der Waals surface area contributed by atoms with E-state index < -0.39 is 0 Å². The number of likely N-dealkylation sites (N-methyl/N-ethyl adjacent to an activating group) is 1. The third-order valence-electron chi connectivity index (χ3n) is 3.22. The molecule has 2 unspecified atom stereocenters. The molecule has 0 saturated carbocycles. The molecule has 3 heteroatoms. The van der Waals surface area contributed by atoms with Crippen LogP contribution in [0.15, 0.2) is 24.3 Å². The fraction of sp³-hybridized carbons (Fsp3) is 0.625. The van der Waals surface area contributed by atoms with Gasteiger partial charge in [-0.3, -0.25) is 0 Å². The Morgan fingerprint density at radius 2 is 1.89 bits per heavy atom. The van der Waals surface area contributed by atoms with Crippen molar-refractivity contribution in [1.82, 2.24) is 5.32 Å². The molecule has 3 nitrogen and oxygen atoms in total. The van der Waals surface area contributed by atoms with Crippen molar-refractivity contribution in [1.29, 1.82) is 0 Å². The summed E-state index contributed by atoms with van der Waals surface area (Å²) in [7, 11) is 1.72. The molecule has 1 aromatic carbocycles. The molecule has 0 aliphatic heterocycles. The number of benzene rings is 1. The summed E-state index contributed by atoms with van der Waals surface area (Å²) in [5.41, 5.74) is 1.18. The van der Waals surface area contributed by atoms with Crippen molar-refractivity contribution < 1.29 is 9.47 Å². The summed E-state index contributed by atoms with van der Waals surface area (Å²) in [6.07, 6.45) is 2.34. The third kappa shape index (κ3) is 4.51. The smallest absolute Gasteiger partial charge is 0.123 e. The van der Waals surface area contributed by atoms with Gasteiger partial charge in [-0.25, -0.2) is 0 Å². The zero-order chi connectivity index (χ0) is 14.1. The van der Waals surface area contributed by atoms with Crippen LogP contribution in [-0.4, -0.2) is 26.4 Å². The first-order chi connectivity index (χ1) is 9.28. The van der Waals surface area contributed by atoms with Gasteiger partial charge in [-0.05, 0) is 26.0 Å². The van der Waals surface area contributed by atoms with E-state index in [2.05, 4.69) is 31.3 Å². The number of nitrogens with one attached hydrogen (secondary N) is 1. The van der Waals surface area contributed by atoms with Crippen LogP contribution in [0, 0.1) is 0 Å². The Morgan fingerprint density at radius 3 is 2.47 bits per heavy atom. The molecule has 0 aliphatic rings. The highest BCUT2D eigenvalue weighted by molar-refractivity contribution is 5.36. The molecule has 0 radical (unpaired) electrons. The van der Waals surface area contributed by atoms with E-state index in [-0.39, 0.29) is 12.1 Å². The van der Waals surface area contributed by atoms with Crippen molar-refractivity contribution in [3.63, 3.8) is 0 Å². The molecule has 1 aromatic rings. The summed E-state index contributed by atoms with van der Waals surface area (Å²) in [5.74, 6) is 0.925. The van der Waals surface area contributed by atoms with Crippen LogP contribution in [0.2, 0.25) is 0 Å². The molecule has 0 amide bonds. The van der Waals surface area contributed by atoms with Gasteiger partial charge in [0.25, 0.3) is 0 Å². The largest absolute Gasteiger partial charge is 0.496 e. The predicted octanol–water partition coefficient (Wildman–Crippen LogP) is 3.55. The van der Waals surface area contributed by atoms with Gasteiger partial charge in [0.15, 0.2) is 0 Å². The first kappa shape index (κ1) is 16.0. The molecule has 0 bridgehead atoms. The molecule has 0 saturated heterocycles. The summed E-state index contributed by atoms with van der Waals surface area (Å²) in [6.45, 7) is 8.01. The van der Waals surface area contributed by atoms with Crippen LogP contribution < -0.4 is 10.1 Å². The minimum absolute atomic E-state index is 0.182. The molecule has 19 heavy (non-hydrogen) atoms. The highest BCUT2D eigenvalue weighted by atomic mass is 16.5. The molecular weight excluding hydrogens is 238 g/mol. The summed E-state index contributed by atoms with van der Waals surface area (Å²) in [6, 6.07) is 8.36. The Kier molecular flexibility index (Phi) is 7.53. The second-order valence-corrected chi connectivity index (χ2v) is 4.56. The van der Waals surface area contributed by atoms with Gasteiger partial charge in [0.05, 0.1) is 19.3 Å². The molecule has 0 aromatic heterocycles. The second-order valence-electron chi connectivity index (χ2n) is 4.56. The number of methoxy groups -OCH3 is 1. The van der Waals surface area contributed by atoms with Crippen molar-refractivity contribution >= 4 is 0 Å².